The SMILES string of the molecule is O=P([O-])(OC(F)(C(F)(F)F)C(F)(F)C(F)(F)C(F)(F)C(F)(F)C(F)(F)C(F)(F)F)OC(F)(C(F)(F)F)C(F)(F)C(F)(F)C(F)(F)C(F)(F)C(F)(F)C(F)(F)F. The van der Waals surface area contributed by atoms with Crippen molar-refractivity contribution >= 4 is 7.82 Å². The van der Waals surface area contributed by atoms with Gasteiger partial charge in [-0.05, 0) is 0 Å². The third kappa shape index (κ3) is 6.94. The van der Waals surface area contributed by atoms with Crippen molar-refractivity contribution < 1.29 is 168 Å². The molecule has 0 rings (SSSR count). The molecule has 2 atom stereocenters. The highest BCUT2D eigenvalue weighted by Gasteiger charge is 2.98. The van der Waals surface area contributed by atoms with E-state index in [1.165, 1.54) is 0 Å². The molecule has 0 bridgehead atoms. The molecule has 0 aliphatic heterocycles. The van der Waals surface area contributed by atoms with Crippen molar-refractivity contribution in [3.63, 3.8) is 0 Å². The maximum atomic E-state index is 14.3. The maximum absolute atomic E-state index is 14.3. The van der Waals surface area contributed by atoms with Gasteiger partial charge in [-0.25, -0.2) is 0 Å². The lowest BCUT2D eigenvalue weighted by Crippen LogP contribution is -2.76. The summed E-state index contributed by atoms with van der Waals surface area (Å²) in [5.41, 5.74) is 0. The summed E-state index contributed by atoms with van der Waals surface area (Å²) in [6.45, 7) is 0. The second-order valence-electron chi connectivity index (χ2n) is 9.56. The van der Waals surface area contributed by atoms with Crippen molar-refractivity contribution in [2.75, 3.05) is 0 Å². The first kappa shape index (κ1) is 52.7. The van der Waals surface area contributed by atoms with E-state index in [1.807, 2.05) is 0 Å². The quantitative estimate of drug-likeness (QED) is 0.129. The molecule has 55 heavy (non-hydrogen) atoms. The molecule has 4 nitrogen and oxygen atoms in total. The van der Waals surface area contributed by atoms with Gasteiger partial charge in [0, 0.05) is 0 Å². The van der Waals surface area contributed by atoms with E-state index in [1.54, 1.807) is 0 Å². The average Bonchev–Trinajstić information content (AvgIpc) is 2.88. The molecule has 0 saturated carbocycles. The van der Waals surface area contributed by atoms with Crippen LogP contribution in [0.2, 0.25) is 0 Å². The molecule has 39 heteroatoms. The first-order valence-electron chi connectivity index (χ1n) is 11.1. The Balaban J connectivity index is 7.90. The number of rotatable bonds is 14. The van der Waals surface area contributed by atoms with E-state index in [9.17, 15) is 159 Å². The minimum Gasteiger partial charge on any atom is -0.756 e. The predicted molar refractivity (Wildman–Crippen MR) is 91.1 cm³/mol. The summed E-state index contributed by atoms with van der Waals surface area (Å²) in [4.78, 5) is 11.3. The molecular weight excluding hydrogens is 933 g/mol. The first-order chi connectivity index (χ1) is 22.9. The third-order valence-electron chi connectivity index (χ3n) is 5.88. The van der Waals surface area contributed by atoms with Crippen LogP contribution in [0.3, 0.4) is 0 Å². The highest BCUT2D eigenvalue weighted by atomic mass is 31.2. The summed E-state index contributed by atoms with van der Waals surface area (Å²) < 4.78 is 462. The number of phosphoric ester groups is 1. The number of alkyl halides is 34. The van der Waals surface area contributed by atoms with Crippen LogP contribution < -0.4 is 4.89 Å². The van der Waals surface area contributed by atoms with Crippen LogP contribution in [0.5, 0.6) is 0 Å². The van der Waals surface area contributed by atoms with E-state index in [4.69, 9.17) is 0 Å². The molecule has 0 aromatic rings. The molecular formula is C16F34O4P-. The molecule has 0 aliphatic carbocycles. The van der Waals surface area contributed by atoms with Gasteiger partial charge >= 0.3 is 95.6 Å². The monoisotopic (exact) mass is 933 g/mol. The van der Waals surface area contributed by atoms with Gasteiger partial charge in [-0.3, -0.25) is 13.6 Å². The van der Waals surface area contributed by atoms with Crippen LogP contribution in [0.1, 0.15) is 0 Å². The largest absolute Gasteiger partial charge is 0.756 e. The Morgan fingerprint density at radius 2 is 0.400 bits per heavy atom. The summed E-state index contributed by atoms with van der Waals surface area (Å²) >= 11 is 0. The highest BCUT2D eigenvalue weighted by molar-refractivity contribution is 7.46. The van der Waals surface area contributed by atoms with Gasteiger partial charge in [0.05, 0.1) is 0 Å². The van der Waals surface area contributed by atoms with Crippen LogP contribution in [0.25, 0.3) is 0 Å². The number of hydrogen-bond acceptors (Lipinski definition) is 4. The van der Waals surface area contributed by atoms with Crippen LogP contribution >= 0.6 is 7.82 Å². The number of phosphoric acid groups is 1. The summed E-state index contributed by atoms with van der Waals surface area (Å²) in [6, 6.07) is 0. The van der Waals surface area contributed by atoms with Crippen molar-refractivity contribution in [2.24, 2.45) is 0 Å². The highest BCUT2D eigenvalue weighted by Crippen LogP contribution is 2.69. The Labute approximate surface area is 272 Å². The zero-order valence-electron chi connectivity index (χ0n) is 22.9. The predicted octanol–water partition coefficient (Wildman–Crippen LogP) is 10.4. The molecule has 0 aliphatic rings. The Morgan fingerprint density at radius 3 is 0.545 bits per heavy atom. The summed E-state index contributed by atoms with van der Waals surface area (Å²) in [6.07, 6.45) is -35.1. The van der Waals surface area contributed by atoms with Gasteiger partial charge in [0.2, 0.25) is 0 Å². The zero-order chi connectivity index (χ0) is 45.9. The van der Waals surface area contributed by atoms with Crippen LogP contribution in [0.4, 0.5) is 149 Å². The van der Waals surface area contributed by atoms with Gasteiger partial charge in [-0.2, -0.15) is 149 Å². The molecule has 0 aromatic heterocycles. The summed E-state index contributed by atoms with van der Waals surface area (Å²) in [5, 5.41) is 0. The lowest BCUT2D eigenvalue weighted by Gasteiger charge is -2.46. The third-order valence-corrected chi connectivity index (χ3v) is 6.83. The van der Waals surface area contributed by atoms with Crippen molar-refractivity contribution in [3.05, 3.63) is 0 Å². The molecule has 0 saturated heterocycles. The van der Waals surface area contributed by atoms with Crippen molar-refractivity contribution in [3.8, 4) is 0 Å². The fourth-order valence-corrected chi connectivity index (χ4v) is 3.93. The fraction of sp³-hybridized carbons (Fsp3) is 1.00. The molecule has 0 N–H and O–H groups in total. The standard InChI is InChI=1S/C16HF34O4P/c17-1(18,5(25,26)9(33,34)13(39,40)41)3(21,22)7(29,30)11(37,15(45,46)47)53-55(51,52)54-12(38,16(48,49)50)8(31,32)4(23,24)2(19,20)6(27,28)10(35,36)14(42,43)44/h(H,51,52)/p-1. The van der Waals surface area contributed by atoms with Crippen LogP contribution in [0.15, 0.2) is 0 Å². The Hall–Kier alpha value is -2.27. The smallest absolute Gasteiger partial charge is 0.460 e. The van der Waals surface area contributed by atoms with Crippen molar-refractivity contribution in [1.82, 2.24) is 0 Å². The van der Waals surface area contributed by atoms with Crippen molar-refractivity contribution in [1.29, 1.82) is 0 Å². The van der Waals surface area contributed by atoms with Crippen molar-refractivity contribution in [2.45, 2.75) is 95.6 Å². The van der Waals surface area contributed by atoms with Gasteiger partial charge < -0.3 is 4.89 Å². The second kappa shape index (κ2) is 12.9. The van der Waals surface area contributed by atoms with Crippen LogP contribution in [-0.4, -0.2) is 95.6 Å². The molecule has 0 aromatic carbocycles. The molecule has 0 spiro atoms. The van der Waals surface area contributed by atoms with Gasteiger partial charge in [-0.1, -0.05) is 0 Å². The molecule has 0 amide bonds. The van der Waals surface area contributed by atoms with Gasteiger partial charge in [-0.15, -0.1) is 0 Å². The average molecular weight is 933 g/mol. The molecule has 332 valence electrons. The van der Waals surface area contributed by atoms with Crippen LogP contribution in [-0.2, 0) is 13.6 Å². The van der Waals surface area contributed by atoms with Gasteiger partial charge in [0.15, 0.2) is 0 Å². The lowest BCUT2D eigenvalue weighted by molar-refractivity contribution is -0.486. The Kier molecular flexibility index (Phi) is 12.3. The van der Waals surface area contributed by atoms with Gasteiger partial charge in [0.1, 0.15) is 0 Å². The molecule has 0 radical (unpaired) electrons. The number of hydrogen-bond donors (Lipinski definition) is 0. The molecule has 0 fully saturated rings. The zero-order valence-corrected chi connectivity index (χ0v) is 23.8. The number of halogens is 34. The second-order valence-corrected chi connectivity index (χ2v) is 10.8. The first-order valence-corrected chi connectivity index (χ1v) is 12.5. The van der Waals surface area contributed by atoms with E-state index in [-0.39, 0.29) is 0 Å². The van der Waals surface area contributed by atoms with Gasteiger partial charge in [0.25, 0.3) is 7.82 Å². The Bertz CT molecular complexity index is 1340. The lowest BCUT2D eigenvalue weighted by atomic mass is 9.90. The van der Waals surface area contributed by atoms with E-state index < -0.39 is 103 Å². The normalized spacial score (nSPS) is 19.8. The summed E-state index contributed by atoms with van der Waals surface area (Å²) in [5.74, 6) is -115. The molecule has 0 heterocycles. The topological polar surface area (TPSA) is 58.6 Å². The van der Waals surface area contributed by atoms with E-state index in [0.29, 0.717) is 0 Å². The van der Waals surface area contributed by atoms with E-state index in [0.717, 1.165) is 9.05 Å². The Morgan fingerprint density at radius 1 is 0.255 bits per heavy atom. The minimum absolute atomic E-state index is 0.898. The van der Waals surface area contributed by atoms with E-state index in [2.05, 4.69) is 0 Å². The summed E-state index contributed by atoms with van der Waals surface area (Å²) in [7, 11) is -10.4. The van der Waals surface area contributed by atoms with E-state index >= 15 is 0 Å². The minimum atomic E-state index is -10.4. The van der Waals surface area contributed by atoms with Crippen LogP contribution in [0, 0.1) is 0 Å². The fourth-order valence-electron chi connectivity index (χ4n) is 2.84. The maximum Gasteiger partial charge on any atom is 0.460 e. The molecule has 2 unspecified atom stereocenters.